The van der Waals surface area contributed by atoms with E-state index in [2.05, 4.69) is 20.9 Å². The Morgan fingerprint density at radius 2 is 2.00 bits per heavy atom. The molecule has 1 aliphatic heterocycles. The highest BCUT2D eigenvalue weighted by Crippen LogP contribution is 2.32. The lowest BCUT2D eigenvalue weighted by Gasteiger charge is -2.23. The smallest absolute Gasteiger partial charge is 0.265 e. The number of hydrogen-bond donors (Lipinski definition) is 3. The summed E-state index contributed by atoms with van der Waals surface area (Å²) >= 11 is 0. The van der Waals surface area contributed by atoms with Crippen molar-refractivity contribution in [2.45, 2.75) is 13.0 Å². The van der Waals surface area contributed by atoms with Crippen LogP contribution in [0.5, 0.6) is 5.75 Å². The van der Waals surface area contributed by atoms with E-state index in [0.717, 1.165) is 0 Å². The zero-order chi connectivity index (χ0) is 20.4. The molecule has 0 spiro atoms. The molecule has 3 aromatic rings. The molecule has 0 bridgehead atoms. The number of rotatable bonds is 4. The maximum atomic E-state index is 13.9. The van der Waals surface area contributed by atoms with Crippen LogP contribution >= 0.6 is 0 Å². The normalized spacial score (nSPS) is 15.0. The number of benzene rings is 2. The van der Waals surface area contributed by atoms with E-state index >= 15 is 0 Å². The summed E-state index contributed by atoms with van der Waals surface area (Å²) in [7, 11) is 0. The molecule has 0 unspecified atom stereocenters. The summed E-state index contributed by atoms with van der Waals surface area (Å²) in [5.41, 5.74) is 1.39. The second-order valence-corrected chi connectivity index (χ2v) is 6.42. The molecule has 0 radical (unpaired) electrons. The van der Waals surface area contributed by atoms with Gasteiger partial charge in [-0.05, 0) is 49.4 Å². The molecule has 3 N–H and O–H groups in total. The molecule has 2 aromatic carbocycles. The highest BCUT2D eigenvalue weighted by Gasteiger charge is 2.24. The predicted octanol–water partition coefficient (Wildman–Crippen LogP) is 3.94. The van der Waals surface area contributed by atoms with Crippen LogP contribution in [0.3, 0.4) is 0 Å². The minimum atomic E-state index is -0.578. The molecule has 2 heterocycles. The lowest BCUT2D eigenvalue weighted by molar-refractivity contribution is -0.122. The van der Waals surface area contributed by atoms with Gasteiger partial charge in [0.2, 0.25) is 0 Å². The first-order chi connectivity index (χ1) is 14.0. The van der Waals surface area contributed by atoms with E-state index in [1.54, 1.807) is 55.5 Å². The molecule has 0 saturated carbocycles. The SMILES string of the molecule is C[C@@H]1Oc2ccc(NC(=O)c3cccnc3Nc3ccccc3F)cc2NC1=O. The van der Waals surface area contributed by atoms with Crippen LogP contribution in [0.15, 0.2) is 60.8 Å². The van der Waals surface area contributed by atoms with Gasteiger partial charge in [0.15, 0.2) is 6.10 Å². The quantitative estimate of drug-likeness (QED) is 0.626. The van der Waals surface area contributed by atoms with Gasteiger partial charge in [-0.15, -0.1) is 0 Å². The zero-order valence-corrected chi connectivity index (χ0v) is 15.4. The Morgan fingerprint density at radius 3 is 2.83 bits per heavy atom. The third-order valence-electron chi connectivity index (χ3n) is 4.35. The standard InChI is InChI=1S/C21H17FN4O3/c1-12-20(27)26-17-11-13(8-9-18(17)29-12)24-21(28)14-5-4-10-23-19(14)25-16-7-3-2-6-15(16)22/h2-12H,1H3,(H,23,25)(H,24,28)(H,26,27)/t12-/m0/s1. The molecular weight excluding hydrogens is 375 g/mol. The summed E-state index contributed by atoms with van der Waals surface area (Å²) in [6.07, 6.45) is 0.928. The largest absolute Gasteiger partial charge is 0.479 e. The van der Waals surface area contributed by atoms with E-state index < -0.39 is 17.8 Å². The summed E-state index contributed by atoms with van der Waals surface area (Å²) < 4.78 is 19.4. The van der Waals surface area contributed by atoms with E-state index in [9.17, 15) is 14.0 Å². The molecule has 1 atom stereocenters. The van der Waals surface area contributed by atoms with Crippen LogP contribution in [0.1, 0.15) is 17.3 Å². The zero-order valence-electron chi connectivity index (χ0n) is 15.4. The van der Waals surface area contributed by atoms with Gasteiger partial charge in [0.25, 0.3) is 11.8 Å². The summed E-state index contributed by atoms with van der Waals surface area (Å²) in [5.74, 6) is -0.404. The van der Waals surface area contributed by atoms with Gasteiger partial charge in [-0.3, -0.25) is 9.59 Å². The van der Waals surface area contributed by atoms with Crippen LogP contribution < -0.4 is 20.7 Å². The minimum absolute atomic E-state index is 0.211. The van der Waals surface area contributed by atoms with Gasteiger partial charge in [0, 0.05) is 11.9 Å². The van der Waals surface area contributed by atoms with E-state index in [1.807, 2.05) is 0 Å². The highest BCUT2D eigenvalue weighted by molar-refractivity contribution is 6.08. The van der Waals surface area contributed by atoms with Crippen LogP contribution in [0, 0.1) is 5.82 Å². The molecule has 4 rings (SSSR count). The molecule has 2 amide bonds. The third-order valence-corrected chi connectivity index (χ3v) is 4.35. The Balaban J connectivity index is 1.56. The number of amides is 2. The van der Waals surface area contributed by atoms with Gasteiger partial charge in [0.1, 0.15) is 17.4 Å². The second kappa shape index (κ2) is 7.59. The highest BCUT2D eigenvalue weighted by atomic mass is 19.1. The number of pyridine rings is 1. The first-order valence-corrected chi connectivity index (χ1v) is 8.91. The Bertz CT molecular complexity index is 1100. The Labute approximate surface area is 165 Å². The fraction of sp³-hybridized carbons (Fsp3) is 0.0952. The monoisotopic (exact) mass is 392 g/mol. The number of anilines is 4. The average molecular weight is 392 g/mol. The number of carbonyl (C=O) groups excluding carboxylic acids is 2. The van der Waals surface area contributed by atoms with Gasteiger partial charge in [-0.2, -0.15) is 0 Å². The van der Waals surface area contributed by atoms with Gasteiger partial charge >= 0.3 is 0 Å². The molecule has 1 aliphatic rings. The maximum Gasteiger partial charge on any atom is 0.265 e. The molecule has 1 aromatic heterocycles. The molecule has 0 saturated heterocycles. The first-order valence-electron chi connectivity index (χ1n) is 8.91. The number of fused-ring (bicyclic) bond motifs is 1. The second-order valence-electron chi connectivity index (χ2n) is 6.42. The Morgan fingerprint density at radius 1 is 1.17 bits per heavy atom. The number of hydrogen-bond acceptors (Lipinski definition) is 5. The fourth-order valence-electron chi connectivity index (χ4n) is 2.86. The lowest BCUT2D eigenvalue weighted by atomic mass is 10.2. The topological polar surface area (TPSA) is 92.3 Å². The fourth-order valence-corrected chi connectivity index (χ4v) is 2.86. The maximum absolute atomic E-state index is 13.9. The van der Waals surface area contributed by atoms with Gasteiger partial charge in [0.05, 0.1) is 16.9 Å². The van der Waals surface area contributed by atoms with Gasteiger partial charge in [-0.1, -0.05) is 12.1 Å². The van der Waals surface area contributed by atoms with Crippen molar-refractivity contribution in [3.63, 3.8) is 0 Å². The van der Waals surface area contributed by atoms with Crippen molar-refractivity contribution >= 4 is 34.7 Å². The molecule has 7 nitrogen and oxygen atoms in total. The van der Waals surface area contributed by atoms with Crippen molar-refractivity contribution in [3.8, 4) is 5.75 Å². The summed E-state index contributed by atoms with van der Waals surface area (Å²) in [4.78, 5) is 28.7. The molecule has 0 fully saturated rings. The summed E-state index contributed by atoms with van der Waals surface area (Å²) in [6, 6.07) is 14.3. The number of ether oxygens (including phenoxy) is 1. The van der Waals surface area contributed by atoms with E-state index in [1.165, 1.54) is 12.3 Å². The van der Waals surface area contributed by atoms with Crippen molar-refractivity contribution in [3.05, 3.63) is 72.2 Å². The van der Waals surface area contributed by atoms with E-state index in [4.69, 9.17) is 4.74 Å². The van der Waals surface area contributed by atoms with E-state index in [-0.39, 0.29) is 23.0 Å². The van der Waals surface area contributed by atoms with Crippen molar-refractivity contribution in [2.24, 2.45) is 0 Å². The number of nitrogens with one attached hydrogen (secondary N) is 3. The number of para-hydroxylation sites is 1. The first kappa shape index (κ1) is 18.4. The van der Waals surface area contributed by atoms with E-state index in [0.29, 0.717) is 17.1 Å². The van der Waals surface area contributed by atoms with Gasteiger partial charge < -0.3 is 20.7 Å². The van der Waals surface area contributed by atoms with Crippen LogP contribution in [-0.4, -0.2) is 22.9 Å². The van der Waals surface area contributed by atoms with Crippen molar-refractivity contribution in [1.82, 2.24) is 4.98 Å². The van der Waals surface area contributed by atoms with Crippen LogP contribution in [0.25, 0.3) is 0 Å². The summed E-state index contributed by atoms with van der Waals surface area (Å²) in [5, 5.41) is 8.33. The van der Waals surface area contributed by atoms with Crippen LogP contribution in [-0.2, 0) is 4.79 Å². The van der Waals surface area contributed by atoms with Crippen molar-refractivity contribution < 1.29 is 18.7 Å². The molecule has 8 heteroatoms. The number of aromatic nitrogens is 1. The lowest BCUT2D eigenvalue weighted by Crippen LogP contribution is -2.34. The number of nitrogens with zero attached hydrogens (tertiary/aromatic N) is 1. The Hall–Kier alpha value is -3.94. The molecule has 29 heavy (non-hydrogen) atoms. The Kier molecular flexibility index (Phi) is 4.82. The van der Waals surface area contributed by atoms with Crippen LogP contribution in [0.4, 0.5) is 27.3 Å². The minimum Gasteiger partial charge on any atom is -0.479 e. The number of carbonyl (C=O) groups is 2. The predicted molar refractivity (Wildman–Crippen MR) is 107 cm³/mol. The number of halogens is 1. The molecule has 0 aliphatic carbocycles. The summed E-state index contributed by atoms with van der Waals surface area (Å²) in [6.45, 7) is 1.65. The van der Waals surface area contributed by atoms with Crippen molar-refractivity contribution in [1.29, 1.82) is 0 Å². The molecular formula is C21H17FN4O3. The van der Waals surface area contributed by atoms with Gasteiger partial charge in [-0.25, -0.2) is 9.37 Å². The third kappa shape index (κ3) is 3.86. The van der Waals surface area contributed by atoms with Crippen molar-refractivity contribution in [2.75, 3.05) is 16.0 Å². The molecule has 146 valence electrons. The average Bonchev–Trinajstić information content (AvgIpc) is 2.71. The van der Waals surface area contributed by atoms with Crippen LogP contribution in [0.2, 0.25) is 0 Å².